The largest absolute Gasteiger partial charge is 0.465 e. The van der Waals surface area contributed by atoms with Gasteiger partial charge in [-0.05, 0) is 61.9 Å². The molecule has 11 nitrogen and oxygen atoms in total. The van der Waals surface area contributed by atoms with E-state index in [4.69, 9.17) is 9.72 Å². The number of hydrogen-bond acceptors (Lipinski definition) is 8. The van der Waals surface area contributed by atoms with E-state index in [1.807, 2.05) is 37.3 Å². The van der Waals surface area contributed by atoms with Gasteiger partial charge in [-0.25, -0.2) is 28.2 Å². The van der Waals surface area contributed by atoms with Gasteiger partial charge in [-0.15, -0.1) is 0 Å². The molecular weight excluding hydrogens is 568 g/mol. The highest BCUT2D eigenvalue weighted by Crippen LogP contribution is 2.39. The molecule has 1 amide bonds. The Kier molecular flexibility index (Phi) is 8.02. The summed E-state index contributed by atoms with van der Waals surface area (Å²) in [5.41, 5.74) is 2.61. The van der Waals surface area contributed by atoms with Crippen molar-refractivity contribution in [2.45, 2.75) is 45.1 Å². The van der Waals surface area contributed by atoms with Crippen LogP contribution < -0.4 is 14.8 Å². The Labute approximate surface area is 250 Å². The van der Waals surface area contributed by atoms with Crippen molar-refractivity contribution in [3.8, 4) is 22.9 Å². The first kappa shape index (κ1) is 28.7. The van der Waals surface area contributed by atoms with Crippen LogP contribution in [-0.4, -0.2) is 64.4 Å². The Morgan fingerprint density at radius 3 is 2.72 bits per heavy atom. The summed E-state index contributed by atoms with van der Waals surface area (Å²) in [6.45, 7) is 2.82. The van der Waals surface area contributed by atoms with Crippen molar-refractivity contribution in [2.24, 2.45) is 5.92 Å². The van der Waals surface area contributed by atoms with Crippen molar-refractivity contribution in [2.75, 3.05) is 28.9 Å². The van der Waals surface area contributed by atoms with Crippen LogP contribution in [0.25, 0.3) is 22.0 Å². The summed E-state index contributed by atoms with van der Waals surface area (Å²) in [4.78, 5) is 26.4. The summed E-state index contributed by atoms with van der Waals surface area (Å²) < 4.78 is 34.9. The Balaban J connectivity index is 1.27. The monoisotopic (exact) mass is 602 g/mol. The first-order valence-corrected chi connectivity index (χ1v) is 16.1. The minimum absolute atomic E-state index is 0.0941. The molecule has 2 aliphatic rings. The Morgan fingerprint density at radius 2 is 1.91 bits per heavy atom. The summed E-state index contributed by atoms with van der Waals surface area (Å²) in [5, 5.41) is 14.1. The fourth-order valence-corrected chi connectivity index (χ4v) is 6.66. The maximum atomic E-state index is 12.8. The topological polar surface area (TPSA) is 147 Å². The molecule has 1 saturated heterocycles. The average Bonchev–Trinajstić information content (AvgIpc) is 3.83. The number of piperidine rings is 1. The SMILES string of the molecule is Cc1ccc2c(NS(=O)(=O)CCC3CC3)cccc2c1Oc1ncccc1-c1ccnc(NC2CCCN(C(=O)O)C2)n1. The zero-order valence-electron chi connectivity index (χ0n) is 23.9. The Hall–Kier alpha value is -4.45. The number of nitrogens with zero attached hydrogens (tertiary/aromatic N) is 4. The maximum absolute atomic E-state index is 12.8. The molecule has 6 rings (SSSR count). The fraction of sp³-hybridized carbons (Fsp3) is 0.355. The number of rotatable bonds is 10. The standard InChI is InChI=1S/C31H34N6O5S/c1-20-9-12-23-24(6-2-8-27(23)36-43(40,41)18-14-21-10-11-21)28(20)42-29-25(7-3-15-32-29)26-13-16-33-30(35-26)34-22-5-4-17-37(19-22)31(38)39/h2-3,6-9,12-13,15-16,21-22,36H,4-5,10-11,14,17-19H2,1H3,(H,38,39)(H,33,34,35). The van der Waals surface area contributed by atoms with E-state index in [2.05, 4.69) is 20.0 Å². The van der Waals surface area contributed by atoms with Gasteiger partial charge < -0.3 is 20.1 Å². The van der Waals surface area contributed by atoms with Crippen molar-refractivity contribution >= 4 is 38.5 Å². The highest BCUT2D eigenvalue weighted by molar-refractivity contribution is 7.92. The van der Waals surface area contributed by atoms with Gasteiger partial charge in [0.1, 0.15) is 5.75 Å². The van der Waals surface area contributed by atoms with E-state index in [9.17, 15) is 18.3 Å². The third-order valence-corrected chi connectivity index (χ3v) is 9.20. The number of likely N-dealkylation sites (tertiary alicyclic amines) is 1. The maximum Gasteiger partial charge on any atom is 0.407 e. The van der Waals surface area contributed by atoms with Crippen molar-refractivity contribution in [3.63, 3.8) is 0 Å². The van der Waals surface area contributed by atoms with Crippen molar-refractivity contribution in [1.82, 2.24) is 19.9 Å². The second-order valence-corrected chi connectivity index (χ2v) is 13.0. The lowest BCUT2D eigenvalue weighted by atomic mass is 10.0. The van der Waals surface area contributed by atoms with E-state index >= 15 is 0 Å². The number of aromatic nitrogens is 3. The lowest BCUT2D eigenvalue weighted by molar-refractivity contribution is 0.132. The van der Waals surface area contributed by atoms with E-state index in [1.54, 1.807) is 30.6 Å². The molecule has 1 atom stereocenters. The predicted molar refractivity (Wildman–Crippen MR) is 165 cm³/mol. The number of anilines is 2. The zero-order valence-corrected chi connectivity index (χ0v) is 24.7. The van der Waals surface area contributed by atoms with Crippen LogP contribution in [0, 0.1) is 12.8 Å². The van der Waals surface area contributed by atoms with Gasteiger partial charge in [-0.2, -0.15) is 0 Å². The average molecular weight is 603 g/mol. The van der Waals surface area contributed by atoms with E-state index < -0.39 is 16.1 Å². The van der Waals surface area contributed by atoms with E-state index in [0.717, 1.165) is 42.0 Å². The van der Waals surface area contributed by atoms with Crippen LogP contribution in [0.3, 0.4) is 0 Å². The number of benzene rings is 2. The highest BCUT2D eigenvalue weighted by atomic mass is 32.2. The summed E-state index contributed by atoms with van der Waals surface area (Å²) in [7, 11) is -3.48. The first-order valence-electron chi connectivity index (χ1n) is 14.5. The summed E-state index contributed by atoms with van der Waals surface area (Å²) >= 11 is 0. The molecule has 224 valence electrons. The number of fused-ring (bicyclic) bond motifs is 1. The molecule has 2 aromatic heterocycles. The number of hydrogen-bond donors (Lipinski definition) is 3. The van der Waals surface area contributed by atoms with Crippen LogP contribution in [0.1, 0.15) is 37.7 Å². The zero-order chi connectivity index (χ0) is 30.0. The molecule has 4 aromatic rings. The number of ether oxygens (including phenoxy) is 1. The van der Waals surface area contributed by atoms with Gasteiger partial charge in [0.25, 0.3) is 0 Å². The highest BCUT2D eigenvalue weighted by Gasteiger charge is 2.25. The molecule has 0 spiro atoms. The summed E-state index contributed by atoms with van der Waals surface area (Å²) in [6, 6.07) is 14.6. The molecule has 0 bridgehead atoms. The number of nitrogens with one attached hydrogen (secondary N) is 2. The smallest absolute Gasteiger partial charge is 0.407 e. The lowest BCUT2D eigenvalue weighted by Gasteiger charge is -2.31. The second-order valence-electron chi connectivity index (χ2n) is 11.2. The molecule has 2 fully saturated rings. The van der Waals surface area contributed by atoms with Gasteiger partial charge >= 0.3 is 6.09 Å². The lowest BCUT2D eigenvalue weighted by Crippen LogP contribution is -2.44. The molecule has 3 heterocycles. The number of pyridine rings is 1. The van der Waals surface area contributed by atoms with Crippen LogP contribution in [-0.2, 0) is 10.0 Å². The molecule has 3 N–H and O–H groups in total. The normalized spacial score (nSPS) is 17.0. The number of carbonyl (C=O) groups is 1. The minimum Gasteiger partial charge on any atom is -0.465 e. The van der Waals surface area contributed by atoms with Gasteiger partial charge in [-0.3, -0.25) is 4.72 Å². The van der Waals surface area contributed by atoms with Crippen LogP contribution >= 0.6 is 0 Å². The van der Waals surface area contributed by atoms with Crippen LogP contribution in [0.4, 0.5) is 16.4 Å². The van der Waals surface area contributed by atoms with Crippen molar-refractivity contribution in [1.29, 1.82) is 0 Å². The van der Waals surface area contributed by atoms with Gasteiger partial charge in [0.2, 0.25) is 21.9 Å². The number of amides is 1. The molecule has 1 aliphatic carbocycles. The van der Waals surface area contributed by atoms with Crippen molar-refractivity contribution < 1.29 is 23.1 Å². The van der Waals surface area contributed by atoms with E-state index in [0.29, 0.717) is 60.0 Å². The Morgan fingerprint density at radius 1 is 1.05 bits per heavy atom. The van der Waals surface area contributed by atoms with Crippen LogP contribution in [0.15, 0.2) is 60.9 Å². The quantitative estimate of drug-likeness (QED) is 0.202. The molecule has 1 unspecified atom stereocenters. The van der Waals surface area contributed by atoms with Gasteiger partial charge in [0.05, 0.1) is 22.7 Å². The molecule has 43 heavy (non-hydrogen) atoms. The number of carboxylic acid groups (broad SMARTS) is 1. The molecular formula is C31H34N6O5S. The van der Waals surface area contributed by atoms with E-state index in [-0.39, 0.29) is 11.8 Å². The molecule has 12 heteroatoms. The molecule has 1 aliphatic heterocycles. The third kappa shape index (κ3) is 6.80. The van der Waals surface area contributed by atoms with Crippen LogP contribution in [0.2, 0.25) is 0 Å². The predicted octanol–water partition coefficient (Wildman–Crippen LogP) is 5.89. The molecule has 0 radical (unpaired) electrons. The third-order valence-electron chi connectivity index (χ3n) is 7.89. The van der Waals surface area contributed by atoms with Crippen molar-refractivity contribution in [3.05, 3.63) is 66.5 Å². The van der Waals surface area contributed by atoms with Gasteiger partial charge in [0.15, 0.2) is 0 Å². The van der Waals surface area contributed by atoms with Gasteiger partial charge in [0, 0.05) is 42.3 Å². The summed E-state index contributed by atoms with van der Waals surface area (Å²) in [5.74, 6) is 1.93. The van der Waals surface area contributed by atoms with Crippen LogP contribution in [0.5, 0.6) is 11.6 Å². The number of sulfonamides is 1. The second kappa shape index (κ2) is 12.0. The first-order chi connectivity index (χ1) is 20.8. The molecule has 2 aromatic carbocycles. The van der Waals surface area contributed by atoms with E-state index in [1.165, 1.54) is 4.90 Å². The van der Waals surface area contributed by atoms with Gasteiger partial charge in [-0.1, -0.05) is 37.1 Å². The molecule has 1 saturated carbocycles. The number of aryl methyl sites for hydroxylation is 1. The minimum atomic E-state index is -3.48. The summed E-state index contributed by atoms with van der Waals surface area (Å²) in [6.07, 6.45) is 6.83. The Bertz CT molecular complexity index is 1760. The fourth-order valence-electron chi connectivity index (χ4n) is 5.40.